The van der Waals surface area contributed by atoms with Crippen LogP contribution in [0.25, 0.3) is 0 Å². The fourth-order valence-electron chi connectivity index (χ4n) is 5.71. The van der Waals surface area contributed by atoms with Gasteiger partial charge in [0, 0.05) is 12.8 Å². The van der Waals surface area contributed by atoms with E-state index >= 15 is 0 Å². The van der Waals surface area contributed by atoms with Gasteiger partial charge in [-0.15, -0.1) is 0 Å². The Morgan fingerprint density at radius 2 is 0.857 bits per heavy atom. The Morgan fingerprint density at radius 3 is 1.33 bits per heavy atom. The van der Waals surface area contributed by atoms with Crippen LogP contribution in [-0.4, -0.2) is 23.1 Å². The summed E-state index contributed by atoms with van der Waals surface area (Å²) in [6.45, 7) is 4.50. The van der Waals surface area contributed by atoms with Gasteiger partial charge in [-0.3, -0.25) is 9.59 Å². The zero-order chi connectivity index (χ0) is 30.8. The Hall–Kier alpha value is -1.32. The first-order valence-electron chi connectivity index (χ1n) is 18.7. The van der Waals surface area contributed by atoms with E-state index < -0.39 is 5.97 Å². The molecule has 0 heterocycles. The molecule has 0 aromatic carbocycles. The lowest BCUT2D eigenvalue weighted by Crippen LogP contribution is -2.18. The predicted molar refractivity (Wildman–Crippen MR) is 181 cm³/mol. The predicted octanol–water partition coefficient (Wildman–Crippen LogP) is 12.7. The maximum atomic E-state index is 12.5. The van der Waals surface area contributed by atoms with Crippen molar-refractivity contribution in [3.63, 3.8) is 0 Å². The summed E-state index contributed by atoms with van der Waals surface area (Å²) in [7, 11) is 0. The van der Waals surface area contributed by atoms with Crippen molar-refractivity contribution in [2.24, 2.45) is 0 Å². The molecule has 0 radical (unpaired) electrons. The number of hydrogen-bond acceptors (Lipinski definition) is 3. The molecule has 0 aromatic heterocycles. The number of aliphatic carboxylic acids is 1. The fraction of sp³-hybridized carbons (Fsp3) is 0.895. The van der Waals surface area contributed by atoms with Gasteiger partial charge < -0.3 is 9.84 Å². The van der Waals surface area contributed by atoms with Gasteiger partial charge in [-0.2, -0.15) is 0 Å². The van der Waals surface area contributed by atoms with Crippen LogP contribution in [0.15, 0.2) is 12.2 Å². The second-order valence-corrected chi connectivity index (χ2v) is 12.8. The first-order chi connectivity index (χ1) is 20.6. The molecule has 0 saturated carbocycles. The Morgan fingerprint density at radius 1 is 0.500 bits per heavy atom. The Bertz CT molecular complexity index is 600. The Balaban J connectivity index is 3.71. The number of rotatable bonds is 34. The van der Waals surface area contributed by atoms with Crippen molar-refractivity contribution in [2.45, 2.75) is 219 Å². The van der Waals surface area contributed by atoms with Crippen molar-refractivity contribution >= 4 is 11.9 Å². The summed E-state index contributed by atoms with van der Waals surface area (Å²) >= 11 is 0. The SMILES string of the molecule is CCCCCCCC/C=C\CCCCCCCCCC(=O)OC(CCCCC)CCCCCCCCCCCC(=O)O. The molecule has 1 N–H and O–H groups in total. The molecular formula is C38H72O4. The van der Waals surface area contributed by atoms with E-state index in [1.807, 2.05) is 0 Å². The van der Waals surface area contributed by atoms with Crippen molar-refractivity contribution in [1.82, 2.24) is 0 Å². The smallest absolute Gasteiger partial charge is 0.306 e. The van der Waals surface area contributed by atoms with Crippen LogP contribution >= 0.6 is 0 Å². The lowest BCUT2D eigenvalue weighted by Gasteiger charge is -2.18. The highest BCUT2D eigenvalue weighted by Gasteiger charge is 2.14. The molecular weight excluding hydrogens is 520 g/mol. The van der Waals surface area contributed by atoms with E-state index in [9.17, 15) is 9.59 Å². The number of allylic oxidation sites excluding steroid dienone is 2. The van der Waals surface area contributed by atoms with Crippen LogP contribution in [-0.2, 0) is 14.3 Å². The molecule has 4 heteroatoms. The molecule has 0 amide bonds. The highest BCUT2D eigenvalue weighted by Crippen LogP contribution is 2.18. The number of unbranched alkanes of at least 4 members (excludes halogenated alkanes) is 23. The van der Waals surface area contributed by atoms with Gasteiger partial charge in [0.2, 0.25) is 0 Å². The molecule has 248 valence electrons. The van der Waals surface area contributed by atoms with Crippen molar-refractivity contribution < 1.29 is 19.4 Å². The van der Waals surface area contributed by atoms with Crippen molar-refractivity contribution in [3.05, 3.63) is 12.2 Å². The van der Waals surface area contributed by atoms with Gasteiger partial charge in [0.15, 0.2) is 0 Å². The second kappa shape index (κ2) is 34.2. The third-order valence-electron chi connectivity index (χ3n) is 8.49. The zero-order valence-electron chi connectivity index (χ0n) is 28.3. The van der Waals surface area contributed by atoms with E-state index in [0.29, 0.717) is 12.8 Å². The Labute approximate surface area is 262 Å². The molecule has 0 aliphatic carbocycles. The molecule has 42 heavy (non-hydrogen) atoms. The summed E-state index contributed by atoms with van der Waals surface area (Å²) < 4.78 is 5.94. The van der Waals surface area contributed by atoms with Crippen LogP contribution in [0, 0.1) is 0 Å². The van der Waals surface area contributed by atoms with E-state index in [-0.39, 0.29) is 12.1 Å². The normalized spacial score (nSPS) is 12.2. The number of carboxylic acid groups (broad SMARTS) is 1. The minimum absolute atomic E-state index is 0.0205. The lowest BCUT2D eigenvalue weighted by atomic mass is 10.0. The molecule has 0 aromatic rings. The van der Waals surface area contributed by atoms with Crippen LogP contribution in [0.4, 0.5) is 0 Å². The largest absolute Gasteiger partial charge is 0.481 e. The van der Waals surface area contributed by atoms with E-state index in [0.717, 1.165) is 57.8 Å². The average Bonchev–Trinajstić information content (AvgIpc) is 2.97. The van der Waals surface area contributed by atoms with Gasteiger partial charge in [-0.05, 0) is 64.2 Å². The van der Waals surface area contributed by atoms with Crippen LogP contribution in [0.2, 0.25) is 0 Å². The molecule has 0 aliphatic heterocycles. The summed E-state index contributed by atoms with van der Waals surface area (Å²) in [6.07, 6.45) is 41.1. The molecule has 0 bridgehead atoms. The number of carbonyl (C=O) groups is 2. The van der Waals surface area contributed by atoms with Crippen molar-refractivity contribution in [2.75, 3.05) is 0 Å². The maximum Gasteiger partial charge on any atom is 0.306 e. The summed E-state index contributed by atoms with van der Waals surface area (Å²) in [6, 6.07) is 0. The molecule has 1 atom stereocenters. The van der Waals surface area contributed by atoms with Gasteiger partial charge >= 0.3 is 11.9 Å². The Kier molecular flexibility index (Phi) is 33.1. The number of esters is 1. The lowest BCUT2D eigenvalue weighted by molar-refractivity contribution is -0.150. The van der Waals surface area contributed by atoms with Crippen molar-refractivity contribution in [3.8, 4) is 0 Å². The third-order valence-corrected chi connectivity index (χ3v) is 8.49. The third kappa shape index (κ3) is 33.2. The highest BCUT2D eigenvalue weighted by molar-refractivity contribution is 5.69. The summed E-state index contributed by atoms with van der Waals surface area (Å²) in [5.41, 5.74) is 0. The number of hydrogen-bond donors (Lipinski definition) is 1. The monoisotopic (exact) mass is 593 g/mol. The second-order valence-electron chi connectivity index (χ2n) is 12.8. The van der Waals surface area contributed by atoms with Gasteiger partial charge in [0.05, 0.1) is 0 Å². The topological polar surface area (TPSA) is 63.6 Å². The standard InChI is InChI=1S/C38H72O4/c1-3-5-7-8-9-10-11-12-13-14-15-16-17-21-24-27-31-35-38(41)42-36(32-28-6-4-2)33-29-25-22-19-18-20-23-26-30-34-37(39)40/h12-13,36H,3-11,14-35H2,1-2H3,(H,39,40)/b13-12-. The van der Waals surface area contributed by atoms with Gasteiger partial charge in [0.25, 0.3) is 0 Å². The zero-order valence-corrected chi connectivity index (χ0v) is 28.3. The molecule has 1 unspecified atom stereocenters. The average molecular weight is 593 g/mol. The number of carboxylic acids is 1. The molecule has 0 fully saturated rings. The van der Waals surface area contributed by atoms with Crippen LogP contribution in [0.3, 0.4) is 0 Å². The summed E-state index contributed by atoms with van der Waals surface area (Å²) in [5.74, 6) is -0.658. The first-order valence-corrected chi connectivity index (χ1v) is 18.7. The van der Waals surface area contributed by atoms with Crippen molar-refractivity contribution in [1.29, 1.82) is 0 Å². The quantitative estimate of drug-likeness (QED) is 0.0458. The summed E-state index contributed by atoms with van der Waals surface area (Å²) in [4.78, 5) is 23.1. The molecule has 0 saturated heterocycles. The maximum absolute atomic E-state index is 12.5. The summed E-state index contributed by atoms with van der Waals surface area (Å²) in [5, 5.41) is 8.69. The van der Waals surface area contributed by atoms with Crippen LogP contribution in [0.5, 0.6) is 0 Å². The van der Waals surface area contributed by atoms with Gasteiger partial charge in [-0.25, -0.2) is 0 Å². The van der Waals surface area contributed by atoms with E-state index in [4.69, 9.17) is 9.84 Å². The highest BCUT2D eigenvalue weighted by atomic mass is 16.5. The fourth-order valence-corrected chi connectivity index (χ4v) is 5.71. The first kappa shape index (κ1) is 40.7. The van der Waals surface area contributed by atoms with E-state index in [1.54, 1.807) is 0 Å². The van der Waals surface area contributed by atoms with E-state index in [2.05, 4.69) is 26.0 Å². The van der Waals surface area contributed by atoms with Crippen LogP contribution < -0.4 is 0 Å². The van der Waals surface area contributed by atoms with Gasteiger partial charge in [0.1, 0.15) is 6.10 Å². The van der Waals surface area contributed by atoms with Gasteiger partial charge in [-0.1, -0.05) is 148 Å². The number of carbonyl (C=O) groups excluding carboxylic acids is 1. The molecule has 4 nitrogen and oxygen atoms in total. The minimum Gasteiger partial charge on any atom is -0.481 e. The molecule has 0 rings (SSSR count). The minimum atomic E-state index is -0.678. The molecule has 0 aliphatic rings. The van der Waals surface area contributed by atoms with Crippen LogP contribution in [0.1, 0.15) is 213 Å². The number of ether oxygens (including phenoxy) is 1. The van der Waals surface area contributed by atoms with E-state index in [1.165, 1.54) is 128 Å². The molecule has 0 spiro atoms.